The van der Waals surface area contributed by atoms with Crippen LogP contribution in [0.4, 0.5) is 4.39 Å². The van der Waals surface area contributed by atoms with Gasteiger partial charge in [-0.2, -0.15) is 0 Å². The van der Waals surface area contributed by atoms with E-state index in [1.54, 1.807) is 36.7 Å². The van der Waals surface area contributed by atoms with Crippen molar-refractivity contribution in [1.82, 2.24) is 10.3 Å². The highest BCUT2D eigenvalue weighted by Gasteiger charge is 2.11. The lowest BCUT2D eigenvalue weighted by molar-refractivity contribution is -0.688. The smallest absolute Gasteiger partial charge is 0.251 e. The SMILES string of the molecule is O=C(NCCc1c[nH]c2ccccc12)c1cc[n+](Cc2ccccc2F)cc1.[Br-]. The van der Waals surface area contributed by atoms with Gasteiger partial charge in [-0.15, -0.1) is 0 Å². The van der Waals surface area contributed by atoms with Gasteiger partial charge in [-0.1, -0.05) is 30.3 Å². The number of para-hydroxylation sites is 1. The topological polar surface area (TPSA) is 48.8 Å². The molecule has 0 saturated heterocycles. The van der Waals surface area contributed by atoms with Gasteiger partial charge in [0.2, 0.25) is 0 Å². The number of pyridine rings is 1. The Morgan fingerprint density at radius 1 is 0.966 bits per heavy atom. The molecule has 0 aliphatic carbocycles. The van der Waals surface area contributed by atoms with E-state index >= 15 is 0 Å². The van der Waals surface area contributed by atoms with Crippen LogP contribution < -0.4 is 26.9 Å². The van der Waals surface area contributed by atoms with E-state index in [9.17, 15) is 9.18 Å². The zero-order valence-electron chi connectivity index (χ0n) is 15.7. The number of amides is 1. The van der Waals surface area contributed by atoms with Crippen LogP contribution >= 0.6 is 0 Å². The molecule has 4 rings (SSSR count). The number of rotatable bonds is 6. The first kappa shape index (κ1) is 20.7. The average molecular weight is 454 g/mol. The maximum absolute atomic E-state index is 13.8. The second-order valence-electron chi connectivity index (χ2n) is 6.72. The average Bonchev–Trinajstić information content (AvgIpc) is 3.13. The number of carbonyl (C=O) groups is 1. The lowest BCUT2D eigenvalue weighted by Gasteiger charge is -2.05. The Hall–Kier alpha value is -2.99. The highest BCUT2D eigenvalue weighted by Crippen LogP contribution is 2.17. The third-order valence-corrected chi connectivity index (χ3v) is 4.82. The number of aromatic amines is 1. The molecule has 0 unspecified atom stereocenters. The molecule has 148 valence electrons. The first-order valence-electron chi connectivity index (χ1n) is 9.26. The van der Waals surface area contributed by atoms with E-state index in [0.29, 0.717) is 24.2 Å². The van der Waals surface area contributed by atoms with Crippen LogP contribution in [0.5, 0.6) is 0 Å². The molecule has 2 heterocycles. The molecule has 0 aliphatic rings. The molecule has 0 spiro atoms. The largest absolute Gasteiger partial charge is 1.00 e. The second-order valence-corrected chi connectivity index (χ2v) is 6.72. The Balaban J connectivity index is 0.00000240. The first-order valence-corrected chi connectivity index (χ1v) is 9.26. The van der Waals surface area contributed by atoms with Gasteiger partial charge in [-0.3, -0.25) is 4.79 Å². The number of fused-ring (bicyclic) bond motifs is 1. The summed E-state index contributed by atoms with van der Waals surface area (Å²) < 4.78 is 15.6. The van der Waals surface area contributed by atoms with Gasteiger partial charge in [0.25, 0.3) is 5.91 Å². The molecule has 0 fully saturated rings. The first-order chi connectivity index (χ1) is 13.7. The van der Waals surface area contributed by atoms with Gasteiger partial charge in [-0.05, 0) is 30.2 Å². The van der Waals surface area contributed by atoms with Crippen molar-refractivity contribution in [3.63, 3.8) is 0 Å². The van der Waals surface area contributed by atoms with Crippen molar-refractivity contribution in [3.05, 3.63) is 102 Å². The number of halogens is 2. The summed E-state index contributed by atoms with van der Waals surface area (Å²) in [6.07, 6.45) is 6.34. The van der Waals surface area contributed by atoms with Crippen molar-refractivity contribution in [3.8, 4) is 0 Å². The van der Waals surface area contributed by atoms with E-state index in [4.69, 9.17) is 0 Å². The van der Waals surface area contributed by atoms with E-state index in [-0.39, 0.29) is 28.7 Å². The van der Waals surface area contributed by atoms with Gasteiger partial charge in [0.15, 0.2) is 18.9 Å². The maximum atomic E-state index is 13.8. The quantitative estimate of drug-likeness (QED) is 0.413. The van der Waals surface area contributed by atoms with Crippen molar-refractivity contribution in [2.75, 3.05) is 6.54 Å². The van der Waals surface area contributed by atoms with Gasteiger partial charge in [0.1, 0.15) is 5.82 Å². The number of benzene rings is 2. The van der Waals surface area contributed by atoms with Crippen molar-refractivity contribution in [1.29, 1.82) is 0 Å². The molecule has 0 bridgehead atoms. The van der Waals surface area contributed by atoms with Crippen LogP contribution in [0.25, 0.3) is 10.9 Å². The molecule has 0 aliphatic heterocycles. The molecule has 4 aromatic rings. The summed E-state index contributed by atoms with van der Waals surface area (Å²) in [5.74, 6) is -0.341. The zero-order chi connectivity index (χ0) is 19.3. The summed E-state index contributed by atoms with van der Waals surface area (Å²) in [6, 6.07) is 18.3. The van der Waals surface area contributed by atoms with Crippen LogP contribution in [0.3, 0.4) is 0 Å². The molecule has 0 radical (unpaired) electrons. The molecular formula is C23H21BrFN3O. The number of hydrogen-bond acceptors (Lipinski definition) is 1. The fourth-order valence-corrected chi connectivity index (χ4v) is 3.29. The summed E-state index contributed by atoms with van der Waals surface area (Å²) in [4.78, 5) is 15.6. The van der Waals surface area contributed by atoms with Crippen LogP contribution in [-0.4, -0.2) is 17.4 Å². The Morgan fingerprint density at radius 2 is 1.69 bits per heavy atom. The highest BCUT2D eigenvalue weighted by atomic mass is 79.9. The molecule has 0 atom stereocenters. The van der Waals surface area contributed by atoms with Gasteiger partial charge >= 0.3 is 0 Å². The Bertz CT molecular complexity index is 1110. The Labute approximate surface area is 179 Å². The van der Waals surface area contributed by atoms with Crippen LogP contribution in [-0.2, 0) is 13.0 Å². The standard InChI is InChI=1S/C23H20FN3O.BrH/c24-21-7-3-1-5-19(21)16-27-13-10-17(11-14-27)23(28)25-12-9-18-15-26-22-8-4-2-6-20(18)22;/h1-8,10-11,13-15,26H,9,12,16H2;1H. The van der Waals surface area contributed by atoms with Gasteiger partial charge in [0, 0.05) is 35.8 Å². The van der Waals surface area contributed by atoms with E-state index in [1.165, 1.54) is 17.0 Å². The molecule has 0 saturated carbocycles. The third kappa shape index (κ3) is 4.90. The fourth-order valence-electron chi connectivity index (χ4n) is 3.29. The normalized spacial score (nSPS) is 10.5. The summed E-state index contributed by atoms with van der Waals surface area (Å²) in [7, 11) is 0. The number of nitrogens with zero attached hydrogens (tertiary/aromatic N) is 1. The van der Waals surface area contributed by atoms with Crippen LogP contribution in [0.1, 0.15) is 21.5 Å². The summed E-state index contributed by atoms with van der Waals surface area (Å²) in [5.41, 5.74) is 3.49. The van der Waals surface area contributed by atoms with Gasteiger partial charge < -0.3 is 27.3 Å². The molecular weight excluding hydrogens is 433 g/mol. The Kier molecular flexibility index (Phi) is 6.77. The summed E-state index contributed by atoms with van der Waals surface area (Å²) >= 11 is 0. The van der Waals surface area contributed by atoms with Gasteiger partial charge in [-0.25, -0.2) is 8.96 Å². The predicted octanol–water partition coefficient (Wildman–Crippen LogP) is 0.619. The van der Waals surface area contributed by atoms with Crippen LogP contribution in [0.2, 0.25) is 0 Å². The molecule has 4 nitrogen and oxygen atoms in total. The predicted molar refractivity (Wildman–Crippen MR) is 106 cm³/mol. The van der Waals surface area contributed by atoms with Crippen molar-refractivity contribution in [2.45, 2.75) is 13.0 Å². The molecule has 2 N–H and O–H groups in total. The van der Waals surface area contributed by atoms with Crippen molar-refractivity contribution < 1.29 is 30.7 Å². The molecule has 6 heteroatoms. The minimum absolute atomic E-state index is 0. The van der Waals surface area contributed by atoms with Crippen molar-refractivity contribution >= 4 is 16.8 Å². The lowest BCUT2D eigenvalue weighted by Crippen LogP contribution is -3.00. The van der Waals surface area contributed by atoms with E-state index in [0.717, 1.165) is 11.9 Å². The van der Waals surface area contributed by atoms with Crippen LogP contribution in [0.15, 0.2) is 79.3 Å². The summed E-state index contributed by atoms with van der Waals surface area (Å²) in [5, 5.41) is 4.14. The summed E-state index contributed by atoms with van der Waals surface area (Å²) in [6.45, 7) is 0.986. The number of aromatic nitrogens is 2. The monoisotopic (exact) mass is 453 g/mol. The maximum Gasteiger partial charge on any atom is 0.251 e. The fraction of sp³-hybridized carbons (Fsp3) is 0.130. The minimum atomic E-state index is -0.228. The van der Waals surface area contributed by atoms with E-state index in [1.807, 2.05) is 35.0 Å². The number of nitrogens with one attached hydrogen (secondary N) is 2. The number of H-pyrrole nitrogens is 1. The van der Waals surface area contributed by atoms with Crippen LogP contribution in [0, 0.1) is 5.82 Å². The zero-order valence-corrected chi connectivity index (χ0v) is 17.3. The number of hydrogen-bond donors (Lipinski definition) is 2. The number of carbonyl (C=O) groups excluding carboxylic acids is 1. The third-order valence-electron chi connectivity index (χ3n) is 4.82. The molecule has 29 heavy (non-hydrogen) atoms. The minimum Gasteiger partial charge on any atom is -1.00 e. The molecule has 1 amide bonds. The molecule has 2 aromatic carbocycles. The lowest BCUT2D eigenvalue weighted by atomic mass is 10.1. The second kappa shape index (κ2) is 9.47. The van der Waals surface area contributed by atoms with Crippen molar-refractivity contribution in [2.24, 2.45) is 0 Å². The van der Waals surface area contributed by atoms with Gasteiger partial charge in [0.05, 0.1) is 11.1 Å². The molecule has 2 aromatic heterocycles. The Morgan fingerprint density at radius 3 is 2.48 bits per heavy atom. The highest BCUT2D eigenvalue weighted by molar-refractivity contribution is 5.93. The van der Waals surface area contributed by atoms with E-state index < -0.39 is 0 Å². The van der Waals surface area contributed by atoms with E-state index in [2.05, 4.69) is 16.4 Å².